The lowest BCUT2D eigenvalue weighted by Crippen LogP contribution is -2.13. The Labute approximate surface area is 129 Å². The van der Waals surface area contributed by atoms with E-state index in [9.17, 15) is 0 Å². The third kappa shape index (κ3) is 3.62. The second kappa shape index (κ2) is 6.42. The number of aryl methyl sites for hydroxylation is 1. The maximum Gasteiger partial charge on any atom is 0.120 e. The largest absolute Gasteiger partial charge is 0.491 e. The van der Waals surface area contributed by atoms with Crippen molar-refractivity contribution in [1.82, 2.24) is 0 Å². The number of rotatable bonds is 4. The summed E-state index contributed by atoms with van der Waals surface area (Å²) in [6, 6.07) is 14.1. The standard InChI is InChI=1S/C17H20BrNO/c1-11(2)20-15-6-4-5-13(10-15)17(19)14-7-8-16(18)12(3)9-14/h4-11,17H,19H2,1-3H3. The van der Waals surface area contributed by atoms with Crippen molar-refractivity contribution >= 4 is 15.9 Å². The predicted octanol–water partition coefficient (Wildman–Crippen LogP) is 4.59. The van der Waals surface area contributed by atoms with Crippen LogP contribution >= 0.6 is 15.9 Å². The molecule has 0 spiro atoms. The van der Waals surface area contributed by atoms with Crippen LogP contribution in [0, 0.1) is 6.92 Å². The van der Waals surface area contributed by atoms with Gasteiger partial charge in [0.25, 0.3) is 0 Å². The Hall–Kier alpha value is -1.32. The molecular formula is C17H20BrNO. The second-order valence-corrected chi connectivity index (χ2v) is 6.08. The molecule has 20 heavy (non-hydrogen) atoms. The molecule has 1 atom stereocenters. The van der Waals surface area contributed by atoms with Gasteiger partial charge in [0.1, 0.15) is 5.75 Å². The quantitative estimate of drug-likeness (QED) is 0.887. The van der Waals surface area contributed by atoms with Crippen molar-refractivity contribution in [1.29, 1.82) is 0 Å². The molecule has 0 amide bonds. The topological polar surface area (TPSA) is 35.2 Å². The van der Waals surface area contributed by atoms with Crippen LogP contribution in [0.2, 0.25) is 0 Å². The van der Waals surface area contributed by atoms with E-state index in [4.69, 9.17) is 10.5 Å². The molecule has 106 valence electrons. The summed E-state index contributed by atoms with van der Waals surface area (Å²) in [5.74, 6) is 0.863. The first-order valence-corrected chi connectivity index (χ1v) is 7.55. The monoisotopic (exact) mass is 333 g/mol. The van der Waals surface area contributed by atoms with E-state index in [0.29, 0.717) is 0 Å². The van der Waals surface area contributed by atoms with Crippen LogP contribution in [0.25, 0.3) is 0 Å². The fourth-order valence-electron chi connectivity index (χ4n) is 2.11. The molecule has 0 fully saturated rings. The lowest BCUT2D eigenvalue weighted by atomic mass is 9.98. The molecule has 0 aromatic heterocycles. The maximum absolute atomic E-state index is 6.36. The summed E-state index contributed by atoms with van der Waals surface area (Å²) in [5.41, 5.74) is 9.72. The molecule has 0 saturated carbocycles. The van der Waals surface area contributed by atoms with Crippen molar-refractivity contribution in [3.63, 3.8) is 0 Å². The highest BCUT2D eigenvalue weighted by molar-refractivity contribution is 9.10. The van der Waals surface area contributed by atoms with Crippen molar-refractivity contribution in [2.24, 2.45) is 5.73 Å². The zero-order valence-corrected chi connectivity index (χ0v) is 13.6. The fraction of sp³-hybridized carbons (Fsp3) is 0.294. The van der Waals surface area contributed by atoms with Gasteiger partial charge in [-0.2, -0.15) is 0 Å². The molecule has 2 rings (SSSR count). The SMILES string of the molecule is Cc1cc(C(N)c2cccc(OC(C)C)c2)ccc1Br. The summed E-state index contributed by atoms with van der Waals surface area (Å²) in [4.78, 5) is 0. The minimum atomic E-state index is -0.141. The van der Waals surface area contributed by atoms with Crippen LogP contribution in [0.3, 0.4) is 0 Å². The molecule has 2 aromatic carbocycles. The van der Waals surface area contributed by atoms with Gasteiger partial charge in [-0.15, -0.1) is 0 Å². The van der Waals surface area contributed by atoms with Crippen LogP contribution < -0.4 is 10.5 Å². The average Bonchev–Trinajstić information content (AvgIpc) is 2.40. The van der Waals surface area contributed by atoms with Gasteiger partial charge in [0.05, 0.1) is 12.1 Å². The van der Waals surface area contributed by atoms with Gasteiger partial charge in [0.2, 0.25) is 0 Å². The summed E-state index contributed by atoms with van der Waals surface area (Å²) in [5, 5.41) is 0. The number of hydrogen-bond acceptors (Lipinski definition) is 2. The first-order chi connectivity index (χ1) is 9.47. The smallest absolute Gasteiger partial charge is 0.120 e. The summed E-state index contributed by atoms with van der Waals surface area (Å²) in [7, 11) is 0. The van der Waals surface area contributed by atoms with Gasteiger partial charge in [-0.25, -0.2) is 0 Å². The number of nitrogens with two attached hydrogens (primary N) is 1. The number of ether oxygens (including phenoxy) is 1. The van der Waals surface area contributed by atoms with Gasteiger partial charge in [0.15, 0.2) is 0 Å². The van der Waals surface area contributed by atoms with E-state index in [1.54, 1.807) is 0 Å². The van der Waals surface area contributed by atoms with Crippen LogP contribution in [-0.4, -0.2) is 6.10 Å². The fourth-order valence-corrected chi connectivity index (χ4v) is 2.35. The van der Waals surface area contributed by atoms with Crippen molar-refractivity contribution in [3.8, 4) is 5.75 Å². The molecule has 2 nitrogen and oxygen atoms in total. The molecule has 0 radical (unpaired) electrons. The Morgan fingerprint density at radius 2 is 1.75 bits per heavy atom. The normalized spacial score (nSPS) is 12.5. The van der Waals surface area contributed by atoms with Gasteiger partial charge in [0, 0.05) is 4.47 Å². The molecule has 0 saturated heterocycles. The van der Waals surface area contributed by atoms with E-state index in [0.717, 1.165) is 21.3 Å². The molecule has 0 bridgehead atoms. The van der Waals surface area contributed by atoms with Gasteiger partial charge < -0.3 is 10.5 Å². The van der Waals surface area contributed by atoms with E-state index in [-0.39, 0.29) is 12.1 Å². The summed E-state index contributed by atoms with van der Waals surface area (Å²) in [6.07, 6.45) is 0.163. The lowest BCUT2D eigenvalue weighted by Gasteiger charge is -2.16. The lowest BCUT2D eigenvalue weighted by molar-refractivity contribution is 0.242. The highest BCUT2D eigenvalue weighted by Gasteiger charge is 2.11. The van der Waals surface area contributed by atoms with E-state index < -0.39 is 0 Å². The molecule has 3 heteroatoms. The number of hydrogen-bond donors (Lipinski definition) is 1. The van der Waals surface area contributed by atoms with E-state index in [1.807, 2.05) is 44.2 Å². The van der Waals surface area contributed by atoms with Crippen molar-refractivity contribution in [2.45, 2.75) is 32.9 Å². The predicted molar refractivity (Wildman–Crippen MR) is 87.1 cm³/mol. The number of halogens is 1. The van der Waals surface area contributed by atoms with Crippen LogP contribution in [0.4, 0.5) is 0 Å². The molecule has 0 aliphatic rings. The average molecular weight is 334 g/mol. The molecule has 0 aliphatic carbocycles. The van der Waals surface area contributed by atoms with Crippen LogP contribution in [-0.2, 0) is 0 Å². The van der Waals surface area contributed by atoms with Crippen LogP contribution in [0.15, 0.2) is 46.9 Å². The molecule has 2 aromatic rings. The Bertz CT molecular complexity index is 595. The van der Waals surface area contributed by atoms with Crippen LogP contribution in [0.1, 0.15) is 36.6 Å². The Morgan fingerprint density at radius 3 is 2.40 bits per heavy atom. The molecule has 1 unspecified atom stereocenters. The van der Waals surface area contributed by atoms with Crippen LogP contribution in [0.5, 0.6) is 5.75 Å². The molecule has 0 heterocycles. The zero-order valence-electron chi connectivity index (χ0n) is 12.1. The van der Waals surface area contributed by atoms with E-state index in [2.05, 4.69) is 35.0 Å². The first-order valence-electron chi connectivity index (χ1n) is 6.75. The summed E-state index contributed by atoms with van der Waals surface area (Å²) in [6.45, 7) is 6.11. The van der Waals surface area contributed by atoms with Crippen molar-refractivity contribution < 1.29 is 4.74 Å². The maximum atomic E-state index is 6.36. The number of benzene rings is 2. The summed E-state index contributed by atoms with van der Waals surface area (Å²) < 4.78 is 6.82. The molecule has 0 aliphatic heterocycles. The second-order valence-electron chi connectivity index (χ2n) is 5.23. The molecule has 2 N–H and O–H groups in total. The van der Waals surface area contributed by atoms with E-state index >= 15 is 0 Å². The summed E-state index contributed by atoms with van der Waals surface area (Å²) >= 11 is 3.51. The Kier molecular flexibility index (Phi) is 4.84. The van der Waals surface area contributed by atoms with E-state index in [1.165, 1.54) is 5.56 Å². The highest BCUT2D eigenvalue weighted by Crippen LogP contribution is 2.26. The van der Waals surface area contributed by atoms with Gasteiger partial charge in [-0.1, -0.05) is 40.2 Å². The van der Waals surface area contributed by atoms with Crippen molar-refractivity contribution in [2.75, 3.05) is 0 Å². The Morgan fingerprint density at radius 1 is 1.05 bits per heavy atom. The third-order valence-corrected chi connectivity index (χ3v) is 4.02. The molecular weight excluding hydrogens is 314 g/mol. The van der Waals surface area contributed by atoms with Gasteiger partial charge in [-0.05, 0) is 55.7 Å². The van der Waals surface area contributed by atoms with Gasteiger partial charge in [-0.3, -0.25) is 0 Å². The van der Waals surface area contributed by atoms with Gasteiger partial charge >= 0.3 is 0 Å². The Balaban J connectivity index is 2.28. The zero-order chi connectivity index (χ0) is 14.7. The first kappa shape index (κ1) is 15.1. The van der Waals surface area contributed by atoms with Crippen molar-refractivity contribution in [3.05, 3.63) is 63.6 Å². The minimum Gasteiger partial charge on any atom is -0.491 e. The third-order valence-electron chi connectivity index (χ3n) is 3.13. The highest BCUT2D eigenvalue weighted by atomic mass is 79.9. The minimum absolute atomic E-state index is 0.141.